The SMILES string of the molecule is O=C(OCc1ccccc1)c1cccc(CC(c2cccc(C(=O)OCc3ccccc3)c2)(c2cccc(C(=O)OCc3ccccc3)c2)c2cccc(C(=O)OCc3ccccc3)c2)c1. The van der Waals surface area contributed by atoms with Crippen molar-refractivity contribution < 1.29 is 38.1 Å². The van der Waals surface area contributed by atoms with Crippen molar-refractivity contribution in [2.45, 2.75) is 38.3 Å². The Bertz CT molecular complexity index is 2680. The third-order valence-corrected chi connectivity index (χ3v) is 11.3. The number of benzene rings is 8. The zero-order chi connectivity index (χ0) is 45.6. The molecule has 0 bridgehead atoms. The molecular formula is C58H46O8. The van der Waals surface area contributed by atoms with Gasteiger partial charge in [0.15, 0.2) is 0 Å². The van der Waals surface area contributed by atoms with Crippen molar-refractivity contribution in [3.8, 4) is 0 Å². The maximum Gasteiger partial charge on any atom is 0.338 e. The predicted octanol–water partition coefficient (Wildman–Crippen LogP) is 11.7. The number of carbonyl (C=O) groups excluding carboxylic acids is 4. The van der Waals surface area contributed by atoms with Crippen molar-refractivity contribution in [1.29, 1.82) is 0 Å². The summed E-state index contributed by atoms with van der Waals surface area (Å²) in [6, 6.07) is 66.5. The summed E-state index contributed by atoms with van der Waals surface area (Å²) in [5, 5.41) is 0. The highest BCUT2D eigenvalue weighted by Gasteiger charge is 2.39. The first kappa shape index (κ1) is 44.3. The van der Waals surface area contributed by atoms with E-state index in [1.54, 1.807) is 72.8 Å². The summed E-state index contributed by atoms with van der Waals surface area (Å²) in [4.78, 5) is 55.3. The van der Waals surface area contributed by atoms with Gasteiger partial charge in [0.2, 0.25) is 0 Å². The molecule has 8 heteroatoms. The summed E-state index contributed by atoms with van der Waals surface area (Å²) in [7, 11) is 0. The van der Waals surface area contributed by atoms with E-state index in [0.29, 0.717) is 38.9 Å². The van der Waals surface area contributed by atoms with Crippen molar-refractivity contribution in [2.24, 2.45) is 0 Å². The van der Waals surface area contributed by atoms with Crippen molar-refractivity contribution >= 4 is 23.9 Å². The van der Waals surface area contributed by atoms with E-state index in [2.05, 4.69) is 0 Å². The second-order valence-electron chi connectivity index (χ2n) is 15.8. The molecule has 0 aliphatic carbocycles. The Kier molecular flexibility index (Phi) is 14.3. The molecule has 0 amide bonds. The maximum atomic E-state index is 13.9. The van der Waals surface area contributed by atoms with Gasteiger partial charge in [0, 0.05) is 5.41 Å². The second kappa shape index (κ2) is 21.3. The van der Waals surface area contributed by atoms with E-state index in [0.717, 1.165) is 27.8 Å². The van der Waals surface area contributed by atoms with Crippen LogP contribution in [-0.2, 0) is 57.2 Å². The van der Waals surface area contributed by atoms with Gasteiger partial charge in [-0.2, -0.15) is 0 Å². The van der Waals surface area contributed by atoms with Crippen LogP contribution in [0.25, 0.3) is 0 Å². The van der Waals surface area contributed by atoms with Crippen molar-refractivity contribution in [2.75, 3.05) is 0 Å². The van der Waals surface area contributed by atoms with Gasteiger partial charge in [-0.05, 0) is 99.5 Å². The Morgan fingerprint density at radius 3 is 0.848 bits per heavy atom. The molecule has 8 aromatic carbocycles. The predicted molar refractivity (Wildman–Crippen MR) is 252 cm³/mol. The second-order valence-corrected chi connectivity index (χ2v) is 15.8. The molecular weight excluding hydrogens is 825 g/mol. The lowest BCUT2D eigenvalue weighted by Crippen LogP contribution is -2.33. The van der Waals surface area contributed by atoms with Gasteiger partial charge in [0.25, 0.3) is 0 Å². The van der Waals surface area contributed by atoms with Crippen molar-refractivity contribution in [1.82, 2.24) is 0 Å². The molecule has 0 spiro atoms. The minimum atomic E-state index is -1.23. The molecule has 0 atom stereocenters. The third-order valence-electron chi connectivity index (χ3n) is 11.3. The fourth-order valence-electron chi connectivity index (χ4n) is 7.88. The van der Waals surface area contributed by atoms with E-state index in [1.807, 2.05) is 146 Å². The first-order valence-corrected chi connectivity index (χ1v) is 21.6. The first-order chi connectivity index (χ1) is 32.3. The number of carbonyl (C=O) groups is 4. The van der Waals surface area contributed by atoms with Crippen molar-refractivity contribution in [3.05, 3.63) is 285 Å². The average molecular weight is 871 g/mol. The van der Waals surface area contributed by atoms with Crippen LogP contribution in [0.4, 0.5) is 0 Å². The fraction of sp³-hybridized carbons (Fsp3) is 0.103. The summed E-state index contributed by atoms with van der Waals surface area (Å²) in [6.07, 6.45) is 0.195. The molecule has 0 aromatic heterocycles. The molecule has 0 aliphatic rings. The molecule has 8 rings (SSSR count). The van der Waals surface area contributed by atoms with Gasteiger partial charge >= 0.3 is 23.9 Å². The standard InChI is InChI=1S/C58H46O8/c59-54(63-38-42-17-5-1-6-18-42)47-26-13-25-46(33-47)37-58(51-30-14-27-48(34-51)55(60)64-39-43-19-7-2-8-20-43,52-31-15-28-49(35-52)56(61)65-40-44-21-9-3-10-22-44)53-32-16-29-50(36-53)57(62)66-41-45-23-11-4-12-24-45/h1-36H,37-41H2. The highest BCUT2D eigenvalue weighted by molar-refractivity contribution is 5.92. The monoisotopic (exact) mass is 870 g/mol. The Hall–Kier alpha value is -8.36. The van der Waals surface area contributed by atoms with Crippen LogP contribution < -0.4 is 0 Å². The average Bonchev–Trinajstić information content (AvgIpc) is 3.38. The molecule has 8 nitrogen and oxygen atoms in total. The van der Waals surface area contributed by atoms with Gasteiger partial charge in [0.1, 0.15) is 26.4 Å². The Morgan fingerprint density at radius 1 is 0.288 bits per heavy atom. The Balaban J connectivity index is 1.24. The van der Waals surface area contributed by atoms with Gasteiger partial charge in [-0.1, -0.05) is 170 Å². The number of esters is 4. The molecule has 0 N–H and O–H groups in total. The highest BCUT2D eigenvalue weighted by Crippen LogP contribution is 2.43. The van der Waals surface area contributed by atoms with Crippen LogP contribution in [0.1, 0.15) is 85.9 Å². The number of ether oxygens (including phenoxy) is 4. The highest BCUT2D eigenvalue weighted by atomic mass is 16.5. The Morgan fingerprint density at radius 2 is 0.545 bits per heavy atom. The lowest BCUT2D eigenvalue weighted by Gasteiger charge is -2.37. The van der Waals surface area contributed by atoms with E-state index in [1.165, 1.54) is 0 Å². The molecule has 0 saturated carbocycles. The van der Waals surface area contributed by atoms with Crippen LogP contribution in [-0.4, -0.2) is 23.9 Å². The van der Waals surface area contributed by atoms with E-state index in [9.17, 15) is 19.2 Å². The number of hydrogen-bond acceptors (Lipinski definition) is 8. The molecule has 0 unspecified atom stereocenters. The molecule has 0 heterocycles. The van der Waals surface area contributed by atoms with Gasteiger partial charge in [0.05, 0.1) is 22.3 Å². The van der Waals surface area contributed by atoms with E-state index in [-0.39, 0.29) is 32.8 Å². The van der Waals surface area contributed by atoms with E-state index < -0.39 is 29.3 Å². The quantitative estimate of drug-likeness (QED) is 0.0506. The summed E-state index contributed by atoms with van der Waals surface area (Å²) < 4.78 is 23.2. The first-order valence-electron chi connectivity index (χ1n) is 21.6. The topological polar surface area (TPSA) is 105 Å². The van der Waals surface area contributed by atoms with Crippen LogP contribution >= 0.6 is 0 Å². The minimum Gasteiger partial charge on any atom is -0.457 e. The zero-order valence-corrected chi connectivity index (χ0v) is 36.1. The fourth-order valence-corrected chi connectivity index (χ4v) is 7.88. The van der Waals surface area contributed by atoms with Crippen LogP contribution in [0, 0.1) is 0 Å². The van der Waals surface area contributed by atoms with Gasteiger partial charge in [-0.25, -0.2) is 19.2 Å². The maximum absolute atomic E-state index is 13.9. The van der Waals surface area contributed by atoms with E-state index in [4.69, 9.17) is 18.9 Å². The molecule has 0 saturated heterocycles. The summed E-state index contributed by atoms with van der Waals surface area (Å²) >= 11 is 0. The number of rotatable bonds is 17. The Labute approximate surface area is 384 Å². The molecule has 326 valence electrons. The minimum absolute atomic E-state index is 0.0719. The molecule has 0 aliphatic heterocycles. The molecule has 0 radical (unpaired) electrons. The zero-order valence-electron chi connectivity index (χ0n) is 36.1. The van der Waals surface area contributed by atoms with Crippen LogP contribution in [0.5, 0.6) is 0 Å². The van der Waals surface area contributed by atoms with Crippen LogP contribution in [0.3, 0.4) is 0 Å². The van der Waals surface area contributed by atoms with Gasteiger partial charge in [-0.15, -0.1) is 0 Å². The molecule has 66 heavy (non-hydrogen) atoms. The molecule has 8 aromatic rings. The van der Waals surface area contributed by atoms with Crippen LogP contribution in [0.15, 0.2) is 218 Å². The number of hydrogen-bond donors (Lipinski definition) is 0. The largest absolute Gasteiger partial charge is 0.457 e. The lowest BCUT2D eigenvalue weighted by atomic mass is 9.65. The third kappa shape index (κ3) is 11.0. The smallest absolute Gasteiger partial charge is 0.338 e. The molecule has 0 fully saturated rings. The summed E-state index contributed by atoms with van der Waals surface area (Å²) in [5.74, 6) is -2.10. The summed E-state index contributed by atoms with van der Waals surface area (Å²) in [6.45, 7) is 0.314. The van der Waals surface area contributed by atoms with Gasteiger partial charge in [-0.3, -0.25) is 0 Å². The van der Waals surface area contributed by atoms with Gasteiger partial charge < -0.3 is 18.9 Å². The lowest BCUT2D eigenvalue weighted by molar-refractivity contribution is 0.0463. The summed E-state index contributed by atoms with van der Waals surface area (Å²) in [5.41, 5.74) is 6.05. The van der Waals surface area contributed by atoms with Crippen LogP contribution in [0.2, 0.25) is 0 Å². The van der Waals surface area contributed by atoms with Crippen molar-refractivity contribution in [3.63, 3.8) is 0 Å². The van der Waals surface area contributed by atoms with E-state index >= 15 is 0 Å². The normalized spacial score (nSPS) is 11.0.